The molecule has 1 N–H and O–H groups in total. The highest BCUT2D eigenvalue weighted by molar-refractivity contribution is 7.89. The Morgan fingerprint density at radius 1 is 1.27 bits per heavy atom. The molecule has 1 aromatic heterocycles. The quantitative estimate of drug-likeness (QED) is 0.876. The van der Waals surface area contributed by atoms with Crippen molar-refractivity contribution in [2.24, 2.45) is 7.05 Å². The lowest BCUT2D eigenvalue weighted by molar-refractivity contribution is 0.289. The molecule has 0 bridgehead atoms. The molecule has 0 aliphatic heterocycles. The lowest BCUT2D eigenvalue weighted by atomic mass is 10.2. The lowest BCUT2D eigenvalue weighted by Crippen LogP contribution is -2.35. The van der Waals surface area contributed by atoms with Crippen LogP contribution >= 0.6 is 11.6 Å². The predicted octanol–water partition coefficient (Wildman–Crippen LogP) is 2.26. The molecule has 0 fully saturated rings. The maximum absolute atomic E-state index is 12.4. The maximum Gasteiger partial charge on any atom is 0.240 e. The summed E-state index contributed by atoms with van der Waals surface area (Å²) in [5.74, 6) is 0. The van der Waals surface area contributed by atoms with E-state index in [1.165, 1.54) is 12.1 Å². The molecule has 0 radical (unpaired) electrons. The zero-order valence-electron chi connectivity index (χ0n) is 12.8. The van der Waals surface area contributed by atoms with E-state index in [1.54, 1.807) is 12.1 Å². The summed E-state index contributed by atoms with van der Waals surface area (Å²) in [5.41, 5.74) is 1.04. The van der Waals surface area contributed by atoms with E-state index in [2.05, 4.69) is 4.72 Å². The number of aromatic nitrogens is 1. The van der Waals surface area contributed by atoms with Crippen molar-refractivity contribution >= 4 is 21.6 Å². The second-order valence-electron chi connectivity index (χ2n) is 5.33. The fraction of sp³-hybridized carbons (Fsp3) is 0.333. The van der Waals surface area contributed by atoms with Crippen LogP contribution in [-0.4, -0.2) is 38.5 Å². The lowest BCUT2D eigenvalue weighted by Gasteiger charge is -2.25. The molecule has 1 aromatic carbocycles. The van der Waals surface area contributed by atoms with Crippen LogP contribution in [0.5, 0.6) is 0 Å². The zero-order chi connectivity index (χ0) is 16.3. The Kier molecular flexibility index (Phi) is 5.28. The SMILES string of the molecule is CN(C)C(CNS(=O)(=O)c1cccc(Cl)c1)c1cccn1C. The van der Waals surface area contributed by atoms with Gasteiger partial charge in [0.1, 0.15) is 0 Å². The van der Waals surface area contributed by atoms with Crippen molar-refractivity contribution in [3.8, 4) is 0 Å². The molecule has 1 unspecified atom stereocenters. The standard InChI is InChI=1S/C15H20ClN3O2S/c1-18(2)15(14-8-5-9-19(14)3)11-17-22(20,21)13-7-4-6-12(16)10-13/h4-10,15,17H,11H2,1-3H3. The van der Waals surface area contributed by atoms with Crippen molar-refractivity contribution in [3.63, 3.8) is 0 Å². The second-order valence-corrected chi connectivity index (χ2v) is 7.54. The van der Waals surface area contributed by atoms with Gasteiger partial charge < -0.3 is 4.57 Å². The van der Waals surface area contributed by atoms with E-state index in [4.69, 9.17) is 11.6 Å². The van der Waals surface area contributed by atoms with Crippen LogP contribution in [0.2, 0.25) is 5.02 Å². The van der Waals surface area contributed by atoms with Gasteiger partial charge in [-0.3, -0.25) is 4.90 Å². The van der Waals surface area contributed by atoms with E-state index in [-0.39, 0.29) is 17.5 Å². The summed E-state index contributed by atoms with van der Waals surface area (Å²) in [6.07, 6.45) is 1.94. The molecule has 0 saturated heterocycles. The van der Waals surface area contributed by atoms with Gasteiger partial charge in [0.25, 0.3) is 0 Å². The Morgan fingerprint density at radius 3 is 2.55 bits per heavy atom. The van der Waals surface area contributed by atoms with Crippen LogP contribution in [0.15, 0.2) is 47.5 Å². The number of aryl methyl sites for hydroxylation is 1. The van der Waals surface area contributed by atoms with Gasteiger partial charge in [0.05, 0.1) is 10.9 Å². The third-order valence-electron chi connectivity index (χ3n) is 3.52. The van der Waals surface area contributed by atoms with E-state index in [0.29, 0.717) is 5.02 Å². The number of halogens is 1. The van der Waals surface area contributed by atoms with Crippen LogP contribution in [0.1, 0.15) is 11.7 Å². The predicted molar refractivity (Wildman–Crippen MR) is 88.5 cm³/mol. The first kappa shape index (κ1) is 17.0. The Bertz CT molecular complexity index is 741. The normalized spacial score (nSPS) is 13.5. The molecule has 22 heavy (non-hydrogen) atoms. The van der Waals surface area contributed by atoms with Crippen molar-refractivity contribution in [1.29, 1.82) is 0 Å². The van der Waals surface area contributed by atoms with Gasteiger partial charge in [0.15, 0.2) is 0 Å². The van der Waals surface area contributed by atoms with Gasteiger partial charge in [0.2, 0.25) is 10.0 Å². The minimum absolute atomic E-state index is 0.0611. The number of nitrogens with zero attached hydrogens (tertiary/aromatic N) is 2. The van der Waals surface area contributed by atoms with Crippen molar-refractivity contribution < 1.29 is 8.42 Å². The molecule has 0 spiro atoms. The number of nitrogens with one attached hydrogen (secondary N) is 1. The maximum atomic E-state index is 12.4. The first-order valence-corrected chi connectivity index (χ1v) is 8.70. The van der Waals surface area contributed by atoms with Gasteiger partial charge >= 0.3 is 0 Å². The molecule has 120 valence electrons. The van der Waals surface area contributed by atoms with E-state index < -0.39 is 10.0 Å². The number of rotatable bonds is 6. The molecular weight excluding hydrogens is 322 g/mol. The van der Waals surface area contributed by atoms with Crippen molar-refractivity contribution in [3.05, 3.63) is 53.3 Å². The van der Waals surface area contributed by atoms with Gasteiger partial charge in [-0.25, -0.2) is 13.1 Å². The highest BCUT2D eigenvalue weighted by atomic mass is 35.5. The number of hydrogen-bond acceptors (Lipinski definition) is 3. The first-order valence-electron chi connectivity index (χ1n) is 6.84. The van der Waals surface area contributed by atoms with Crippen LogP contribution in [0.4, 0.5) is 0 Å². The Balaban J connectivity index is 2.18. The Hall–Kier alpha value is -1.34. The third kappa shape index (κ3) is 3.89. The summed E-state index contributed by atoms with van der Waals surface area (Å²) in [6, 6.07) is 10.1. The first-order chi connectivity index (χ1) is 10.3. The van der Waals surface area contributed by atoms with Gasteiger partial charge in [-0.05, 0) is 44.4 Å². The topological polar surface area (TPSA) is 54.3 Å². The largest absolute Gasteiger partial charge is 0.353 e. The Morgan fingerprint density at radius 2 is 2.00 bits per heavy atom. The molecule has 0 saturated carbocycles. The highest BCUT2D eigenvalue weighted by Gasteiger charge is 2.21. The zero-order valence-corrected chi connectivity index (χ0v) is 14.4. The number of hydrogen-bond donors (Lipinski definition) is 1. The summed E-state index contributed by atoms with van der Waals surface area (Å²) in [7, 11) is 2.20. The van der Waals surface area contributed by atoms with E-state index >= 15 is 0 Å². The van der Waals surface area contributed by atoms with E-state index in [1.807, 2.05) is 48.9 Å². The Labute approximate surface area is 136 Å². The monoisotopic (exact) mass is 341 g/mol. The fourth-order valence-electron chi connectivity index (χ4n) is 2.28. The van der Waals surface area contributed by atoms with Crippen molar-refractivity contribution in [1.82, 2.24) is 14.2 Å². The molecule has 1 atom stereocenters. The average Bonchev–Trinajstić information content (AvgIpc) is 2.85. The summed E-state index contributed by atoms with van der Waals surface area (Å²) in [6.45, 7) is 0.277. The molecule has 0 aliphatic carbocycles. The highest BCUT2D eigenvalue weighted by Crippen LogP contribution is 2.19. The van der Waals surface area contributed by atoms with E-state index in [0.717, 1.165) is 5.69 Å². The van der Waals surface area contributed by atoms with E-state index in [9.17, 15) is 8.42 Å². The molecule has 2 aromatic rings. The molecule has 0 amide bonds. The molecule has 2 rings (SSSR count). The molecule has 0 aliphatic rings. The van der Waals surface area contributed by atoms with Gasteiger partial charge in [-0.2, -0.15) is 0 Å². The molecular formula is C15H20ClN3O2S. The summed E-state index contributed by atoms with van der Waals surface area (Å²) < 4.78 is 29.4. The number of benzene rings is 1. The average molecular weight is 342 g/mol. The smallest absolute Gasteiger partial charge is 0.240 e. The van der Waals surface area contributed by atoms with Crippen LogP contribution in [0.25, 0.3) is 0 Å². The second kappa shape index (κ2) is 6.83. The number of sulfonamides is 1. The number of likely N-dealkylation sites (N-methyl/N-ethyl adjacent to an activating group) is 1. The van der Waals surface area contributed by atoms with Crippen molar-refractivity contribution in [2.75, 3.05) is 20.6 Å². The van der Waals surface area contributed by atoms with Crippen LogP contribution < -0.4 is 4.72 Å². The minimum Gasteiger partial charge on any atom is -0.353 e. The van der Waals surface area contributed by atoms with Gasteiger partial charge in [0, 0.05) is 30.5 Å². The fourth-order valence-corrected chi connectivity index (χ4v) is 3.62. The molecule has 1 heterocycles. The molecule has 5 nitrogen and oxygen atoms in total. The summed E-state index contributed by atoms with van der Waals surface area (Å²) in [5, 5.41) is 0.398. The van der Waals surface area contributed by atoms with Crippen LogP contribution in [0.3, 0.4) is 0 Å². The van der Waals surface area contributed by atoms with Crippen molar-refractivity contribution in [2.45, 2.75) is 10.9 Å². The van der Waals surface area contributed by atoms with Crippen LogP contribution in [0, 0.1) is 0 Å². The van der Waals surface area contributed by atoms with Crippen LogP contribution in [-0.2, 0) is 17.1 Å². The third-order valence-corrected chi connectivity index (χ3v) is 5.18. The van der Waals surface area contributed by atoms with Gasteiger partial charge in [-0.1, -0.05) is 17.7 Å². The summed E-state index contributed by atoms with van der Waals surface area (Å²) in [4.78, 5) is 2.15. The van der Waals surface area contributed by atoms with Gasteiger partial charge in [-0.15, -0.1) is 0 Å². The minimum atomic E-state index is -3.59. The summed E-state index contributed by atoms with van der Waals surface area (Å²) >= 11 is 5.86. The molecule has 7 heteroatoms.